The van der Waals surface area contributed by atoms with Gasteiger partial charge in [0.15, 0.2) is 0 Å². The Morgan fingerprint density at radius 2 is 1.86 bits per heavy atom. The van der Waals surface area contributed by atoms with E-state index in [0.717, 1.165) is 32.7 Å². The Balaban J connectivity index is 2.56. The van der Waals surface area contributed by atoms with Gasteiger partial charge in [-0.15, -0.1) is 0 Å². The minimum Gasteiger partial charge on any atom is -0.396 e. The Kier molecular flexibility index (Phi) is 4.35. The van der Waals surface area contributed by atoms with Gasteiger partial charge >= 0.3 is 0 Å². The topological polar surface area (TPSA) is 32.7 Å². The Morgan fingerprint density at radius 3 is 2.29 bits per heavy atom. The predicted octanol–water partition coefficient (Wildman–Crippen LogP) is 1.12. The Labute approximate surface area is 87.1 Å². The second-order valence-electron chi connectivity index (χ2n) is 5.04. The van der Waals surface area contributed by atoms with Crippen molar-refractivity contribution in [3.8, 4) is 0 Å². The van der Waals surface area contributed by atoms with Gasteiger partial charge in [-0.3, -0.25) is 4.90 Å². The molecule has 1 aliphatic heterocycles. The highest BCUT2D eigenvalue weighted by molar-refractivity contribution is 4.84. The molecule has 1 rings (SSSR count). The van der Waals surface area contributed by atoms with Crippen LogP contribution >= 0.6 is 0 Å². The molecule has 1 atom stereocenters. The van der Waals surface area contributed by atoms with Gasteiger partial charge in [0.2, 0.25) is 0 Å². The van der Waals surface area contributed by atoms with Crippen LogP contribution in [-0.2, 0) is 4.74 Å². The van der Waals surface area contributed by atoms with Crippen LogP contribution in [0.5, 0.6) is 0 Å². The largest absolute Gasteiger partial charge is 0.396 e. The van der Waals surface area contributed by atoms with E-state index in [-0.39, 0.29) is 12.0 Å². The number of aliphatic hydroxyl groups excluding tert-OH is 1. The molecule has 0 radical (unpaired) electrons. The van der Waals surface area contributed by atoms with E-state index >= 15 is 0 Å². The summed E-state index contributed by atoms with van der Waals surface area (Å²) in [4.78, 5) is 2.44. The molecule has 0 aliphatic carbocycles. The number of nitrogens with zero attached hydrogens (tertiary/aromatic N) is 1. The van der Waals surface area contributed by atoms with Crippen molar-refractivity contribution >= 4 is 0 Å². The fourth-order valence-electron chi connectivity index (χ4n) is 2.17. The lowest BCUT2D eigenvalue weighted by Gasteiger charge is -2.41. The molecule has 3 heteroatoms. The van der Waals surface area contributed by atoms with Crippen LogP contribution in [0.1, 0.15) is 27.2 Å². The lowest BCUT2D eigenvalue weighted by molar-refractivity contribution is -0.0173. The summed E-state index contributed by atoms with van der Waals surface area (Å²) in [6.45, 7) is 10.7. The second kappa shape index (κ2) is 5.10. The predicted molar refractivity (Wildman–Crippen MR) is 57.3 cm³/mol. The van der Waals surface area contributed by atoms with Gasteiger partial charge in [-0.05, 0) is 11.8 Å². The fourth-order valence-corrected chi connectivity index (χ4v) is 2.17. The SMILES string of the molecule is CC(C)(C)C(CCO)N1CCOCC1. The first-order chi connectivity index (χ1) is 6.55. The molecule has 0 bridgehead atoms. The number of morpholine rings is 1. The van der Waals surface area contributed by atoms with Crippen molar-refractivity contribution in [3.05, 3.63) is 0 Å². The maximum absolute atomic E-state index is 9.07. The van der Waals surface area contributed by atoms with Gasteiger partial charge < -0.3 is 9.84 Å². The average molecular weight is 201 g/mol. The van der Waals surface area contributed by atoms with E-state index in [1.165, 1.54) is 0 Å². The van der Waals surface area contributed by atoms with Crippen molar-refractivity contribution in [2.45, 2.75) is 33.2 Å². The van der Waals surface area contributed by atoms with E-state index in [9.17, 15) is 0 Å². The van der Waals surface area contributed by atoms with Gasteiger partial charge in [0, 0.05) is 25.7 Å². The lowest BCUT2D eigenvalue weighted by Crippen LogP contribution is -2.49. The highest BCUT2D eigenvalue weighted by atomic mass is 16.5. The van der Waals surface area contributed by atoms with Crippen molar-refractivity contribution < 1.29 is 9.84 Å². The van der Waals surface area contributed by atoms with Crippen molar-refractivity contribution in [1.82, 2.24) is 4.90 Å². The van der Waals surface area contributed by atoms with Crippen molar-refractivity contribution in [2.24, 2.45) is 5.41 Å². The summed E-state index contributed by atoms with van der Waals surface area (Å²) in [7, 11) is 0. The van der Waals surface area contributed by atoms with E-state index in [1.807, 2.05) is 0 Å². The number of rotatable bonds is 3. The molecular formula is C11H23NO2. The molecule has 1 fully saturated rings. The van der Waals surface area contributed by atoms with E-state index in [1.54, 1.807) is 0 Å². The van der Waals surface area contributed by atoms with Gasteiger partial charge in [-0.1, -0.05) is 20.8 Å². The summed E-state index contributed by atoms with van der Waals surface area (Å²) in [6.07, 6.45) is 0.865. The molecule has 3 nitrogen and oxygen atoms in total. The molecule has 0 aromatic carbocycles. The van der Waals surface area contributed by atoms with Crippen molar-refractivity contribution in [3.63, 3.8) is 0 Å². The van der Waals surface area contributed by atoms with Crippen LogP contribution in [0.2, 0.25) is 0 Å². The first-order valence-electron chi connectivity index (χ1n) is 5.48. The van der Waals surface area contributed by atoms with Crippen molar-refractivity contribution in [2.75, 3.05) is 32.9 Å². The molecule has 1 unspecified atom stereocenters. The first-order valence-corrected chi connectivity index (χ1v) is 5.48. The minimum atomic E-state index is 0.236. The second-order valence-corrected chi connectivity index (χ2v) is 5.04. The Hall–Kier alpha value is -0.120. The van der Waals surface area contributed by atoms with E-state index in [4.69, 9.17) is 9.84 Å². The Morgan fingerprint density at radius 1 is 1.29 bits per heavy atom. The van der Waals surface area contributed by atoms with Crippen LogP contribution in [0.15, 0.2) is 0 Å². The smallest absolute Gasteiger partial charge is 0.0594 e. The summed E-state index contributed by atoms with van der Waals surface area (Å²) >= 11 is 0. The van der Waals surface area contributed by atoms with Crippen LogP contribution in [-0.4, -0.2) is 49.0 Å². The maximum atomic E-state index is 9.07. The summed E-state index contributed by atoms with van der Waals surface area (Å²) < 4.78 is 5.34. The summed E-state index contributed by atoms with van der Waals surface area (Å²) in [6, 6.07) is 0.469. The zero-order chi connectivity index (χ0) is 10.6. The van der Waals surface area contributed by atoms with Gasteiger partial charge in [-0.25, -0.2) is 0 Å². The van der Waals surface area contributed by atoms with Gasteiger partial charge in [0.1, 0.15) is 0 Å². The monoisotopic (exact) mass is 201 g/mol. The quantitative estimate of drug-likeness (QED) is 0.742. The third kappa shape index (κ3) is 3.23. The Bertz CT molecular complexity index is 159. The van der Waals surface area contributed by atoms with Gasteiger partial charge in [0.05, 0.1) is 13.2 Å². The highest BCUT2D eigenvalue weighted by Crippen LogP contribution is 2.27. The standard InChI is InChI=1S/C11H23NO2/c1-11(2,3)10(4-7-13)12-5-8-14-9-6-12/h10,13H,4-9H2,1-3H3. The fraction of sp³-hybridized carbons (Fsp3) is 1.00. The first kappa shape index (κ1) is 12.0. The van der Waals surface area contributed by atoms with E-state index in [2.05, 4.69) is 25.7 Å². The minimum absolute atomic E-state index is 0.236. The molecular weight excluding hydrogens is 178 g/mol. The van der Waals surface area contributed by atoms with Crippen LogP contribution < -0.4 is 0 Å². The third-order valence-corrected chi connectivity index (χ3v) is 2.89. The molecule has 1 N–H and O–H groups in total. The molecule has 0 aromatic heterocycles. The van der Waals surface area contributed by atoms with Crippen LogP contribution in [0, 0.1) is 5.41 Å². The van der Waals surface area contributed by atoms with E-state index in [0.29, 0.717) is 6.04 Å². The van der Waals surface area contributed by atoms with Crippen LogP contribution in [0.3, 0.4) is 0 Å². The van der Waals surface area contributed by atoms with Crippen LogP contribution in [0.4, 0.5) is 0 Å². The van der Waals surface area contributed by atoms with Crippen LogP contribution in [0.25, 0.3) is 0 Å². The number of hydrogen-bond acceptors (Lipinski definition) is 3. The lowest BCUT2D eigenvalue weighted by atomic mass is 9.83. The van der Waals surface area contributed by atoms with Gasteiger partial charge in [-0.2, -0.15) is 0 Å². The molecule has 0 amide bonds. The average Bonchev–Trinajstić information content (AvgIpc) is 2.14. The zero-order valence-corrected chi connectivity index (χ0v) is 9.62. The number of aliphatic hydroxyl groups is 1. The summed E-state index contributed by atoms with van der Waals surface area (Å²) in [5.41, 5.74) is 0.236. The third-order valence-electron chi connectivity index (χ3n) is 2.89. The molecule has 1 heterocycles. The van der Waals surface area contributed by atoms with E-state index < -0.39 is 0 Å². The summed E-state index contributed by atoms with van der Waals surface area (Å²) in [5, 5.41) is 9.07. The normalized spacial score (nSPS) is 22.3. The highest BCUT2D eigenvalue weighted by Gasteiger charge is 2.30. The number of ether oxygens (including phenoxy) is 1. The zero-order valence-electron chi connectivity index (χ0n) is 9.62. The number of hydrogen-bond donors (Lipinski definition) is 1. The molecule has 0 saturated carbocycles. The molecule has 0 spiro atoms. The summed E-state index contributed by atoms with van der Waals surface area (Å²) in [5.74, 6) is 0. The van der Waals surface area contributed by atoms with Gasteiger partial charge in [0.25, 0.3) is 0 Å². The molecule has 14 heavy (non-hydrogen) atoms. The molecule has 1 saturated heterocycles. The molecule has 84 valence electrons. The van der Waals surface area contributed by atoms with Crippen molar-refractivity contribution in [1.29, 1.82) is 0 Å². The molecule has 0 aromatic rings. The molecule has 1 aliphatic rings. The maximum Gasteiger partial charge on any atom is 0.0594 e.